The topological polar surface area (TPSA) is 80.1 Å². The van der Waals surface area contributed by atoms with E-state index in [0.717, 1.165) is 0 Å². The van der Waals surface area contributed by atoms with Crippen molar-refractivity contribution in [2.24, 2.45) is 0 Å². The maximum atomic E-state index is 11.2. The van der Waals surface area contributed by atoms with Gasteiger partial charge in [-0.2, -0.15) is 0 Å². The van der Waals surface area contributed by atoms with Gasteiger partial charge in [-0.1, -0.05) is 0 Å². The number of aliphatic carboxylic acids is 1. The Morgan fingerprint density at radius 2 is 1.85 bits per heavy atom. The van der Waals surface area contributed by atoms with Crippen LogP contribution in [0.1, 0.15) is 23.5 Å². The van der Waals surface area contributed by atoms with Gasteiger partial charge in [0.15, 0.2) is 5.82 Å². The summed E-state index contributed by atoms with van der Waals surface area (Å²) in [7, 11) is 0. The van der Waals surface area contributed by atoms with Gasteiger partial charge in [-0.3, -0.25) is 9.59 Å². The number of Topliss-reactive ketones (excluding diaryl/α,β-unsaturated/α-hetero) is 1. The molecule has 0 aliphatic rings. The number of carboxylic acids is 1. The lowest BCUT2D eigenvalue weighted by Crippen LogP contribution is -2.07. The molecule has 0 bridgehead atoms. The van der Waals surface area contributed by atoms with Crippen molar-refractivity contribution >= 4 is 11.8 Å². The number of ketones is 1. The van der Waals surface area contributed by atoms with E-state index in [2.05, 4.69) is 9.97 Å². The number of nitrogens with zero attached hydrogens (tertiary/aromatic N) is 2. The zero-order valence-electron chi connectivity index (χ0n) is 6.80. The van der Waals surface area contributed by atoms with Crippen LogP contribution in [0.25, 0.3) is 0 Å². The molecule has 0 aliphatic carbocycles. The first kappa shape index (κ1) is 9.31. The Kier molecular flexibility index (Phi) is 3.08. The van der Waals surface area contributed by atoms with Crippen LogP contribution in [0.2, 0.25) is 0 Å². The van der Waals surface area contributed by atoms with Crippen molar-refractivity contribution in [1.29, 1.82) is 0 Å². The number of hydrogen-bond acceptors (Lipinski definition) is 4. The summed E-state index contributed by atoms with van der Waals surface area (Å²) in [4.78, 5) is 28.7. The van der Waals surface area contributed by atoms with E-state index in [-0.39, 0.29) is 24.4 Å². The Morgan fingerprint density at radius 1 is 1.23 bits per heavy atom. The van der Waals surface area contributed by atoms with Crippen molar-refractivity contribution in [3.63, 3.8) is 0 Å². The second-order valence-corrected chi connectivity index (χ2v) is 2.39. The van der Waals surface area contributed by atoms with Gasteiger partial charge < -0.3 is 5.11 Å². The summed E-state index contributed by atoms with van der Waals surface area (Å²) in [5.74, 6) is -1.27. The molecular formula is C8H8N2O3. The zero-order valence-corrected chi connectivity index (χ0v) is 6.80. The Morgan fingerprint density at radius 3 is 2.38 bits per heavy atom. The molecule has 1 aromatic rings. The van der Waals surface area contributed by atoms with Crippen LogP contribution in [0.15, 0.2) is 18.5 Å². The van der Waals surface area contributed by atoms with Crippen LogP contribution >= 0.6 is 0 Å². The maximum absolute atomic E-state index is 11.2. The van der Waals surface area contributed by atoms with E-state index < -0.39 is 5.97 Å². The second-order valence-electron chi connectivity index (χ2n) is 2.39. The highest BCUT2D eigenvalue weighted by Crippen LogP contribution is 1.98. The molecule has 1 aromatic heterocycles. The molecule has 0 saturated carbocycles. The monoisotopic (exact) mass is 180 g/mol. The van der Waals surface area contributed by atoms with Gasteiger partial charge in [0, 0.05) is 18.8 Å². The molecule has 0 radical (unpaired) electrons. The highest BCUT2D eigenvalue weighted by Gasteiger charge is 2.09. The van der Waals surface area contributed by atoms with E-state index in [1.54, 1.807) is 6.07 Å². The number of rotatable bonds is 4. The van der Waals surface area contributed by atoms with Crippen LogP contribution in [0.5, 0.6) is 0 Å². The summed E-state index contributed by atoms with van der Waals surface area (Å²) in [6.07, 6.45) is 2.65. The Labute approximate surface area is 74.4 Å². The number of carbonyl (C=O) groups is 2. The van der Waals surface area contributed by atoms with Crippen LogP contribution in [0.4, 0.5) is 0 Å². The van der Waals surface area contributed by atoms with Crippen LogP contribution in [-0.4, -0.2) is 26.8 Å². The van der Waals surface area contributed by atoms with Crippen molar-refractivity contribution < 1.29 is 14.7 Å². The zero-order chi connectivity index (χ0) is 9.68. The highest BCUT2D eigenvalue weighted by atomic mass is 16.4. The molecule has 0 aromatic carbocycles. The number of carbonyl (C=O) groups excluding carboxylic acids is 1. The van der Waals surface area contributed by atoms with Gasteiger partial charge >= 0.3 is 5.97 Å². The number of hydrogen-bond donors (Lipinski definition) is 1. The predicted molar refractivity (Wildman–Crippen MR) is 43.2 cm³/mol. The molecule has 5 heteroatoms. The van der Waals surface area contributed by atoms with Crippen molar-refractivity contribution in [1.82, 2.24) is 9.97 Å². The molecule has 5 nitrogen and oxygen atoms in total. The van der Waals surface area contributed by atoms with Crippen LogP contribution < -0.4 is 0 Å². The molecule has 13 heavy (non-hydrogen) atoms. The van der Waals surface area contributed by atoms with Crippen molar-refractivity contribution in [2.45, 2.75) is 12.8 Å². The molecule has 0 saturated heterocycles. The molecule has 1 N–H and O–H groups in total. The van der Waals surface area contributed by atoms with Crippen molar-refractivity contribution in [2.75, 3.05) is 0 Å². The fraction of sp³-hybridized carbons (Fsp3) is 0.250. The van der Waals surface area contributed by atoms with Gasteiger partial charge in [0.1, 0.15) is 0 Å². The lowest BCUT2D eigenvalue weighted by atomic mass is 10.2. The molecule has 0 spiro atoms. The van der Waals surface area contributed by atoms with Gasteiger partial charge in [-0.05, 0) is 6.07 Å². The van der Waals surface area contributed by atoms with Gasteiger partial charge in [0.25, 0.3) is 0 Å². The number of aromatic nitrogens is 2. The molecule has 1 heterocycles. The van der Waals surface area contributed by atoms with E-state index in [4.69, 9.17) is 5.11 Å². The molecule has 0 amide bonds. The first-order chi connectivity index (χ1) is 6.20. The third kappa shape index (κ3) is 2.98. The standard InChI is InChI=1S/C8H8N2O3/c11-6(2-3-7(12)13)8-9-4-1-5-10-8/h1,4-5H,2-3H2,(H,12,13). The fourth-order valence-electron chi connectivity index (χ4n) is 0.775. The Bertz CT molecular complexity index is 310. The van der Waals surface area contributed by atoms with Crippen LogP contribution in [0, 0.1) is 0 Å². The molecule has 0 unspecified atom stereocenters. The summed E-state index contributed by atoms with van der Waals surface area (Å²) in [6.45, 7) is 0. The third-order valence-corrected chi connectivity index (χ3v) is 1.38. The molecule has 0 aliphatic heterocycles. The summed E-state index contributed by atoms with van der Waals surface area (Å²) >= 11 is 0. The van der Waals surface area contributed by atoms with Gasteiger partial charge in [-0.15, -0.1) is 0 Å². The first-order valence-electron chi connectivity index (χ1n) is 3.72. The number of carboxylic acid groups (broad SMARTS) is 1. The van der Waals surface area contributed by atoms with Crippen molar-refractivity contribution in [3.05, 3.63) is 24.3 Å². The van der Waals surface area contributed by atoms with Gasteiger partial charge in [0.2, 0.25) is 5.78 Å². The largest absolute Gasteiger partial charge is 0.481 e. The Hall–Kier alpha value is -1.78. The minimum absolute atomic E-state index is 0.0562. The predicted octanol–water partition coefficient (Wildman–Crippen LogP) is 0.524. The van der Waals surface area contributed by atoms with Crippen LogP contribution in [0.3, 0.4) is 0 Å². The molecule has 0 fully saturated rings. The molecule has 68 valence electrons. The average Bonchev–Trinajstić information content (AvgIpc) is 2.15. The quantitative estimate of drug-likeness (QED) is 0.683. The summed E-state index contributed by atoms with van der Waals surface area (Å²) < 4.78 is 0. The fourth-order valence-corrected chi connectivity index (χ4v) is 0.775. The summed E-state index contributed by atoms with van der Waals surface area (Å²) in [6, 6.07) is 1.59. The smallest absolute Gasteiger partial charge is 0.303 e. The molecule has 1 rings (SSSR count). The lowest BCUT2D eigenvalue weighted by molar-refractivity contribution is -0.136. The highest BCUT2D eigenvalue weighted by molar-refractivity contribution is 5.93. The Balaban J connectivity index is 2.54. The van der Waals surface area contributed by atoms with Gasteiger partial charge in [-0.25, -0.2) is 9.97 Å². The van der Waals surface area contributed by atoms with E-state index in [9.17, 15) is 9.59 Å². The third-order valence-electron chi connectivity index (χ3n) is 1.38. The maximum Gasteiger partial charge on any atom is 0.303 e. The summed E-state index contributed by atoms with van der Waals surface area (Å²) in [5.41, 5.74) is 0. The lowest BCUT2D eigenvalue weighted by Gasteiger charge is -1.95. The van der Waals surface area contributed by atoms with E-state index in [1.807, 2.05) is 0 Å². The molecular weight excluding hydrogens is 172 g/mol. The van der Waals surface area contributed by atoms with Crippen molar-refractivity contribution in [3.8, 4) is 0 Å². The van der Waals surface area contributed by atoms with Crippen LogP contribution in [-0.2, 0) is 4.79 Å². The van der Waals surface area contributed by atoms with E-state index in [1.165, 1.54) is 12.4 Å². The molecule has 0 atom stereocenters. The van der Waals surface area contributed by atoms with E-state index in [0.29, 0.717) is 0 Å². The second kappa shape index (κ2) is 4.30. The summed E-state index contributed by atoms with van der Waals surface area (Å²) in [5, 5.41) is 8.32. The normalized spacial score (nSPS) is 9.54. The minimum atomic E-state index is -0.996. The SMILES string of the molecule is O=C(O)CCC(=O)c1ncccn1. The first-order valence-corrected chi connectivity index (χ1v) is 3.72. The minimum Gasteiger partial charge on any atom is -0.481 e. The average molecular weight is 180 g/mol. The van der Waals surface area contributed by atoms with E-state index >= 15 is 0 Å². The van der Waals surface area contributed by atoms with Gasteiger partial charge in [0.05, 0.1) is 6.42 Å².